The highest BCUT2D eigenvalue weighted by molar-refractivity contribution is 5.97. The molecule has 2 aliphatic rings. The van der Waals surface area contributed by atoms with Gasteiger partial charge < -0.3 is 15.3 Å². The SMILES string of the molecule is O=C(Nc1cnn(CCN2CCCCC2)c1)C1(O)CCCC1. The molecule has 2 fully saturated rings. The highest BCUT2D eigenvalue weighted by Crippen LogP contribution is 2.30. The van der Waals surface area contributed by atoms with Crippen LogP contribution >= 0.6 is 0 Å². The number of rotatable bonds is 5. The molecule has 0 atom stereocenters. The summed E-state index contributed by atoms with van der Waals surface area (Å²) in [5.41, 5.74) is -0.514. The summed E-state index contributed by atoms with van der Waals surface area (Å²) in [4.78, 5) is 14.6. The number of nitrogens with zero attached hydrogens (tertiary/aromatic N) is 3. The Hall–Kier alpha value is -1.40. The number of likely N-dealkylation sites (tertiary alicyclic amines) is 1. The molecule has 0 unspecified atom stereocenters. The van der Waals surface area contributed by atoms with Crippen molar-refractivity contribution in [3.05, 3.63) is 12.4 Å². The Morgan fingerprint density at radius 2 is 1.91 bits per heavy atom. The van der Waals surface area contributed by atoms with E-state index in [0.29, 0.717) is 18.5 Å². The average Bonchev–Trinajstić information content (AvgIpc) is 3.16. The fourth-order valence-corrected chi connectivity index (χ4v) is 3.41. The first kappa shape index (κ1) is 15.5. The van der Waals surface area contributed by atoms with Gasteiger partial charge in [0.05, 0.1) is 18.4 Å². The second-order valence-corrected chi connectivity index (χ2v) is 6.59. The summed E-state index contributed by atoms with van der Waals surface area (Å²) in [5, 5.41) is 17.3. The van der Waals surface area contributed by atoms with Gasteiger partial charge in [-0.2, -0.15) is 5.10 Å². The van der Waals surface area contributed by atoms with Gasteiger partial charge in [-0.05, 0) is 51.6 Å². The maximum absolute atomic E-state index is 12.1. The standard InChI is InChI=1S/C16H26N4O2/c21-15(16(22)6-2-3-7-16)18-14-12-17-20(13-14)11-10-19-8-4-1-5-9-19/h12-13,22H,1-11H2,(H,18,21). The Kier molecular flexibility index (Phi) is 4.78. The fraction of sp³-hybridized carbons (Fsp3) is 0.750. The Labute approximate surface area is 131 Å². The summed E-state index contributed by atoms with van der Waals surface area (Å²) < 4.78 is 1.86. The summed E-state index contributed by atoms with van der Waals surface area (Å²) in [5.74, 6) is -0.291. The lowest BCUT2D eigenvalue weighted by molar-refractivity contribution is -0.133. The molecule has 0 bridgehead atoms. The molecule has 1 aromatic rings. The minimum atomic E-state index is -1.18. The van der Waals surface area contributed by atoms with E-state index >= 15 is 0 Å². The summed E-state index contributed by atoms with van der Waals surface area (Å²) in [6.07, 6.45) is 10.4. The molecule has 1 saturated heterocycles. The number of carbonyl (C=O) groups excluding carboxylic acids is 1. The molecular weight excluding hydrogens is 280 g/mol. The second-order valence-electron chi connectivity index (χ2n) is 6.59. The lowest BCUT2D eigenvalue weighted by Gasteiger charge is -2.26. The van der Waals surface area contributed by atoms with Gasteiger partial charge in [-0.3, -0.25) is 9.48 Å². The van der Waals surface area contributed by atoms with Crippen molar-refractivity contribution in [3.63, 3.8) is 0 Å². The Morgan fingerprint density at radius 3 is 2.64 bits per heavy atom. The van der Waals surface area contributed by atoms with Crippen molar-refractivity contribution >= 4 is 11.6 Å². The smallest absolute Gasteiger partial charge is 0.256 e. The van der Waals surface area contributed by atoms with Crippen LogP contribution in [-0.2, 0) is 11.3 Å². The first-order valence-electron chi connectivity index (χ1n) is 8.44. The topological polar surface area (TPSA) is 70.4 Å². The van der Waals surface area contributed by atoms with Crippen molar-refractivity contribution in [2.45, 2.75) is 57.1 Å². The number of nitrogens with one attached hydrogen (secondary N) is 1. The largest absolute Gasteiger partial charge is 0.380 e. The van der Waals surface area contributed by atoms with E-state index in [4.69, 9.17) is 0 Å². The van der Waals surface area contributed by atoms with Crippen LogP contribution in [0.25, 0.3) is 0 Å². The molecule has 1 saturated carbocycles. The molecule has 2 N–H and O–H groups in total. The van der Waals surface area contributed by atoms with Crippen LogP contribution < -0.4 is 5.32 Å². The summed E-state index contributed by atoms with van der Waals surface area (Å²) >= 11 is 0. The number of aromatic nitrogens is 2. The van der Waals surface area contributed by atoms with Gasteiger partial charge in [0.2, 0.25) is 0 Å². The van der Waals surface area contributed by atoms with Crippen molar-refractivity contribution in [1.29, 1.82) is 0 Å². The maximum Gasteiger partial charge on any atom is 0.256 e. The molecule has 6 heteroatoms. The average molecular weight is 306 g/mol. The van der Waals surface area contributed by atoms with Crippen LogP contribution in [0.3, 0.4) is 0 Å². The summed E-state index contributed by atoms with van der Waals surface area (Å²) in [6.45, 7) is 4.19. The zero-order chi connectivity index (χ0) is 15.4. The minimum absolute atomic E-state index is 0.291. The molecule has 0 spiro atoms. The number of anilines is 1. The van der Waals surface area contributed by atoms with Crippen LogP contribution in [0.4, 0.5) is 5.69 Å². The number of amides is 1. The van der Waals surface area contributed by atoms with E-state index < -0.39 is 5.60 Å². The quantitative estimate of drug-likeness (QED) is 0.867. The van der Waals surface area contributed by atoms with Gasteiger partial charge in [0.15, 0.2) is 0 Å². The van der Waals surface area contributed by atoms with Crippen LogP contribution in [0, 0.1) is 0 Å². The lowest BCUT2D eigenvalue weighted by Crippen LogP contribution is -2.40. The number of carbonyl (C=O) groups is 1. The van der Waals surface area contributed by atoms with Gasteiger partial charge in [0.1, 0.15) is 5.60 Å². The van der Waals surface area contributed by atoms with Crippen LogP contribution in [0.5, 0.6) is 0 Å². The van der Waals surface area contributed by atoms with Crippen LogP contribution in [0.1, 0.15) is 44.9 Å². The van der Waals surface area contributed by atoms with Crippen molar-refractivity contribution < 1.29 is 9.90 Å². The molecule has 122 valence electrons. The van der Waals surface area contributed by atoms with Crippen molar-refractivity contribution in [2.24, 2.45) is 0 Å². The zero-order valence-electron chi connectivity index (χ0n) is 13.1. The molecule has 1 amide bonds. The summed E-state index contributed by atoms with van der Waals surface area (Å²) in [7, 11) is 0. The van der Waals surface area contributed by atoms with Crippen molar-refractivity contribution in [1.82, 2.24) is 14.7 Å². The maximum atomic E-state index is 12.1. The van der Waals surface area contributed by atoms with E-state index in [0.717, 1.165) is 25.9 Å². The first-order chi connectivity index (χ1) is 10.7. The molecule has 2 heterocycles. The third kappa shape index (κ3) is 3.67. The zero-order valence-corrected chi connectivity index (χ0v) is 13.1. The van der Waals surface area contributed by atoms with E-state index in [1.807, 2.05) is 10.9 Å². The van der Waals surface area contributed by atoms with E-state index in [1.165, 1.54) is 32.4 Å². The molecule has 1 aromatic heterocycles. The van der Waals surface area contributed by atoms with Crippen molar-refractivity contribution in [2.75, 3.05) is 25.0 Å². The van der Waals surface area contributed by atoms with Crippen LogP contribution in [0.2, 0.25) is 0 Å². The number of hydrogen-bond acceptors (Lipinski definition) is 4. The highest BCUT2D eigenvalue weighted by Gasteiger charge is 2.38. The third-order valence-corrected chi connectivity index (χ3v) is 4.84. The number of hydrogen-bond donors (Lipinski definition) is 2. The Balaban J connectivity index is 1.49. The molecule has 6 nitrogen and oxygen atoms in total. The van der Waals surface area contributed by atoms with Crippen LogP contribution in [0.15, 0.2) is 12.4 Å². The van der Waals surface area contributed by atoms with Gasteiger partial charge in [-0.25, -0.2) is 0 Å². The highest BCUT2D eigenvalue weighted by atomic mass is 16.3. The van der Waals surface area contributed by atoms with Gasteiger partial charge in [0.25, 0.3) is 5.91 Å². The van der Waals surface area contributed by atoms with Gasteiger partial charge in [-0.1, -0.05) is 6.42 Å². The van der Waals surface area contributed by atoms with E-state index in [1.54, 1.807) is 6.20 Å². The fourth-order valence-electron chi connectivity index (χ4n) is 3.41. The predicted octanol–water partition coefficient (Wildman–Crippen LogP) is 1.61. The molecule has 0 radical (unpaired) electrons. The van der Waals surface area contributed by atoms with Gasteiger partial charge >= 0.3 is 0 Å². The minimum Gasteiger partial charge on any atom is -0.380 e. The van der Waals surface area contributed by atoms with E-state index in [-0.39, 0.29) is 5.91 Å². The Bertz CT molecular complexity index is 502. The van der Waals surface area contributed by atoms with Crippen molar-refractivity contribution in [3.8, 4) is 0 Å². The molecule has 1 aliphatic heterocycles. The number of aliphatic hydroxyl groups is 1. The Morgan fingerprint density at radius 1 is 1.18 bits per heavy atom. The predicted molar refractivity (Wildman–Crippen MR) is 84.6 cm³/mol. The molecule has 1 aliphatic carbocycles. The lowest BCUT2D eigenvalue weighted by atomic mass is 10.0. The monoisotopic (exact) mass is 306 g/mol. The van der Waals surface area contributed by atoms with Gasteiger partial charge in [0, 0.05) is 12.7 Å². The van der Waals surface area contributed by atoms with Gasteiger partial charge in [-0.15, -0.1) is 0 Å². The molecule has 22 heavy (non-hydrogen) atoms. The van der Waals surface area contributed by atoms with E-state index in [9.17, 15) is 9.90 Å². The van der Waals surface area contributed by atoms with Crippen LogP contribution in [-0.4, -0.2) is 50.9 Å². The summed E-state index contributed by atoms with van der Waals surface area (Å²) in [6, 6.07) is 0. The second kappa shape index (κ2) is 6.79. The number of piperidine rings is 1. The molecule has 3 rings (SSSR count). The molecular formula is C16H26N4O2. The normalized spacial score (nSPS) is 21.9. The first-order valence-corrected chi connectivity index (χ1v) is 8.44. The molecule has 0 aromatic carbocycles. The third-order valence-electron chi connectivity index (χ3n) is 4.84. The van der Waals surface area contributed by atoms with E-state index in [2.05, 4.69) is 15.3 Å².